The largest absolute Gasteiger partial charge is 0.454 e. The van der Waals surface area contributed by atoms with Crippen LogP contribution in [0.3, 0.4) is 0 Å². The van der Waals surface area contributed by atoms with Gasteiger partial charge in [-0.15, -0.1) is 0 Å². The van der Waals surface area contributed by atoms with E-state index in [-0.39, 0.29) is 17.3 Å². The van der Waals surface area contributed by atoms with Crippen molar-refractivity contribution in [3.05, 3.63) is 70.6 Å². The Kier molecular flexibility index (Phi) is 6.36. The third-order valence-corrected chi connectivity index (χ3v) is 4.02. The van der Waals surface area contributed by atoms with Gasteiger partial charge in [-0.05, 0) is 36.4 Å². The summed E-state index contributed by atoms with van der Waals surface area (Å²) in [4.78, 5) is 27.6. The monoisotopic (exact) mass is 439 g/mol. The number of halogens is 4. The highest BCUT2D eigenvalue weighted by molar-refractivity contribution is 6.30. The van der Waals surface area contributed by atoms with Gasteiger partial charge >= 0.3 is 12.1 Å². The van der Waals surface area contributed by atoms with Crippen LogP contribution in [0.2, 0.25) is 5.02 Å². The van der Waals surface area contributed by atoms with Crippen LogP contribution in [0.5, 0.6) is 0 Å². The summed E-state index contributed by atoms with van der Waals surface area (Å²) in [5.41, 5.74) is -0.439. The normalized spacial score (nSPS) is 11.2. The number of nitrogens with zero attached hydrogens (tertiary/aromatic N) is 2. The van der Waals surface area contributed by atoms with Gasteiger partial charge in [0.2, 0.25) is 5.82 Å². The minimum atomic E-state index is -4.51. The molecule has 0 aliphatic carbocycles. The second-order valence-electron chi connectivity index (χ2n) is 5.94. The van der Waals surface area contributed by atoms with Gasteiger partial charge in [0.1, 0.15) is 6.54 Å². The van der Waals surface area contributed by atoms with E-state index in [1.165, 1.54) is 36.4 Å². The lowest BCUT2D eigenvalue weighted by Gasteiger charge is -2.06. The SMILES string of the molecule is O=C(CNC(=O)c1ccc(Cl)cc1)OCc1nc(-c2cccc(C(F)(F)F)c2)no1. The molecule has 1 aromatic heterocycles. The Morgan fingerprint density at radius 2 is 1.87 bits per heavy atom. The number of hydrogen-bond acceptors (Lipinski definition) is 6. The number of carbonyl (C=O) groups excluding carboxylic acids is 2. The Labute approximate surface area is 172 Å². The van der Waals surface area contributed by atoms with Crippen LogP contribution in [0.25, 0.3) is 11.4 Å². The Morgan fingerprint density at radius 3 is 2.57 bits per heavy atom. The molecule has 0 fully saturated rings. The molecule has 0 saturated heterocycles. The van der Waals surface area contributed by atoms with Gasteiger partial charge in [-0.1, -0.05) is 28.9 Å². The molecule has 3 aromatic rings. The molecule has 30 heavy (non-hydrogen) atoms. The summed E-state index contributed by atoms with van der Waals surface area (Å²) in [6, 6.07) is 10.5. The summed E-state index contributed by atoms with van der Waals surface area (Å²) in [6.45, 7) is -0.808. The van der Waals surface area contributed by atoms with Crippen molar-refractivity contribution in [2.24, 2.45) is 0 Å². The van der Waals surface area contributed by atoms with E-state index < -0.39 is 36.8 Å². The predicted octanol–water partition coefficient (Wildman–Crippen LogP) is 3.88. The van der Waals surface area contributed by atoms with E-state index in [0.29, 0.717) is 10.6 Å². The first-order chi connectivity index (χ1) is 14.2. The fraction of sp³-hybridized carbons (Fsp3) is 0.158. The van der Waals surface area contributed by atoms with Gasteiger partial charge in [0, 0.05) is 16.1 Å². The highest BCUT2D eigenvalue weighted by atomic mass is 35.5. The first-order valence-corrected chi connectivity index (χ1v) is 8.80. The summed E-state index contributed by atoms with van der Waals surface area (Å²) in [5, 5.41) is 6.43. The lowest BCUT2D eigenvalue weighted by atomic mass is 10.1. The van der Waals surface area contributed by atoms with Crippen molar-refractivity contribution in [1.29, 1.82) is 0 Å². The minimum absolute atomic E-state index is 0.0804. The van der Waals surface area contributed by atoms with Crippen LogP contribution in [-0.2, 0) is 22.3 Å². The molecule has 0 aliphatic heterocycles. The maximum atomic E-state index is 12.8. The van der Waals surface area contributed by atoms with Crippen LogP contribution in [0.4, 0.5) is 13.2 Å². The Balaban J connectivity index is 1.52. The molecule has 0 radical (unpaired) electrons. The third-order valence-electron chi connectivity index (χ3n) is 3.77. The number of ether oxygens (including phenoxy) is 1. The molecular formula is C19H13ClF3N3O4. The highest BCUT2D eigenvalue weighted by Gasteiger charge is 2.30. The van der Waals surface area contributed by atoms with E-state index in [0.717, 1.165) is 12.1 Å². The number of alkyl halides is 3. The molecule has 1 N–H and O–H groups in total. The molecule has 0 bridgehead atoms. The summed E-state index contributed by atoms with van der Waals surface area (Å²) in [5.74, 6) is -1.45. The van der Waals surface area contributed by atoms with Gasteiger partial charge in [0.15, 0.2) is 6.61 Å². The second-order valence-corrected chi connectivity index (χ2v) is 6.38. The first kappa shape index (κ1) is 21.3. The zero-order valence-electron chi connectivity index (χ0n) is 15.1. The maximum Gasteiger partial charge on any atom is 0.416 e. The van der Waals surface area contributed by atoms with Crippen molar-refractivity contribution >= 4 is 23.5 Å². The fourth-order valence-electron chi connectivity index (χ4n) is 2.31. The molecule has 1 amide bonds. The summed E-state index contributed by atoms with van der Waals surface area (Å²) in [7, 11) is 0. The van der Waals surface area contributed by atoms with Crippen molar-refractivity contribution in [3.63, 3.8) is 0 Å². The van der Waals surface area contributed by atoms with E-state index in [4.69, 9.17) is 20.9 Å². The summed E-state index contributed by atoms with van der Waals surface area (Å²) < 4.78 is 48.2. The second kappa shape index (κ2) is 8.95. The smallest absolute Gasteiger partial charge is 0.416 e. The number of esters is 1. The maximum absolute atomic E-state index is 12.8. The van der Waals surface area contributed by atoms with Crippen LogP contribution in [-0.4, -0.2) is 28.6 Å². The van der Waals surface area contributed by atoms with Crippen LogP contribution in [0.15, 0.2) is 53.1 Å². The van der Waals surface area contributed by atoms with E-state index in [1.807, 2.05) is 0 Å². The molecule has 7 nitrogen and oxygen atoms in total. The molecular weight excluding hydrogens is 427 g/mol. The number of carbonyl (C=O) groups is 2. The summed E-state index contributed by atoms with van der Waals surface area (Å²) >= 11 is 5.74. The zero-order chi connectivity index (χ0) is 21.7. The fourth-order valence-corrected chi connectivity index (χ4v) is 2.44. The van der Waals surface area contributed by atoms with Crippen molar-refractivity contribution in [1.82, 2.24) is 15.5 Å². The topological polar surface area (TPSA) is 94.3 Å². The molecule has 2 aromatic carbocycles. The van der Waals surface area contributed by atoms with Crippen LogP contribution >= 0.6 is 11.6 Å². The zero-order valence-corrected chi connectivity index (χ0v) is 15.8. The molecule has 0 aliphatic rings. The first-order valence-electron chi connectivity index (χ1n) is 8.42. The molecule has 0 unspecified atom stereocenters. The van der Waals surface area contributed by atoms with Gasteiger partial charge in [0.25, 0.3) is 11.8 Å². The number of benzene rings is 2. The standard InChI is InChI=1S/C19H13ClF3N3O4/c20-14-6-4-11(5-7-14)18(28)24-9-16(27)29-10-15-25-17(26-30-15)12-2-1-3-13(8-12)19(21,22)23/h1-8H,9-10H2,(H,24,28). The lowest BCUT2D eigenvalue weighted by Crippen LogP contribution is -2.30. The van der Waals surface area contributed by atoms with E-state index in [2.05, 4.69) is 15.5 Å². The van der Waals surface area contributed by atoms with Crippen LogP contribution in [0.1, 0.15) is 21.8 Å². The highest BCUT2D eigenvalue weighted by Crippen LogP contribution is 2.31. The number of aromatic nitrogens is 2. The van der Waals surface area contributed by atoms with E-state index >= 15 is 0 Å². The van der Waals surface area contributed by atoms with Crippen molar-refractivity contribution in [2.45, 2.75) is 12.8 Å². The Morgan fingerprint density at radius 1 is 1.13 bits per heavy atom. The molecule has 11 heteroatoms. The number of rotatable bonds is 6. The minimum Gasteiger partial charge on any atom is -0.454 e. The van der Waals surface area contributed by atoms with Gasteiger partial charge in [-0.2, -0.15) is 18.2 Å². The van der Waals surface area contributed by atoms with Crippen molar-refractivity contribution < 1.29 is 32.0 Å². The third kappa shape index (κ3) is 5.57. The van der Waals surface area contributed by atoms with Gasteiger partial charge in [-0.25, -0.2) is 0 Å². The molecule has 3 rings (SSSR count). The Bertz CT molecular complexity index is 1050. The quantitative estimate of drug-likeness (QED) is 0.586. The van der Waals surface area contributed by atoms with Gasteiger partial charge in [0.05, 0.1) is 5.56 Å². The van der Waals surface area contributed by atoms with Gasteiger partial charge < -0.3 is 14.6 Å². The number of amides is 1. The molecule has 0 spiro atoms. The average molecular weight is 440 g/mol. The van der Waals surface area contributed by atoms with Crippen LogP contribution < -0.4 is 5.32 Å². The van der Waals surface area contributed by atoms with Gasteiger partial charge in [-0.3, -0.25) is 9.59 Å². The van der Waals surface area contributed by atoms with Crippen molar-refractivity contribution in [2.75, 3.05) is 6.54 Å². The van der Waals surface area contributed by atoms with Crippen molar-refractivity contribution in [3.8, 4) is 11.4 Å². The molecule has 0 saturated carbocycles. The Hall–Kier alpha value is -3.40. The van der Waals surface area contributed by atoms with Crippen LogP contribution in [0, 0.1) is 0 Å². The molecule has 156 valence electrons. The summed E-state index contributed by atoms with van der Waals surface area (Å²) in [6.07, 6.45) is -4.51. The predicted molar refractivity (Wildman–Crippen MR) is 98.3 cm³/mol. The molecule has 0 atom stereocenters. The lowest BCUT2D eigenvalue weighted by molar-refractivity contribution is -0.144. The average Bonchev–Trinajstić information content (AvgIpc) is 3.19. The molecule has 1 heterocycles. The number of nitrogens with one attached hydrogen (secondary N) is 1. The van der Waals surface area contributed by atoms with E-state index in [9.17, 15) is 22.8 Å². The van der Waals surface area contributed by atoms with E-state index in [1.54, 1.807) is 0 Å². The number of hydrogen-bond donors (Lipinski definition) is 1.